The van der Waals surface area contributed by atoms with E-state index in [0.717, 1.165) is 0 Å². The van der Waals surface area contributed by atoms with E-state index in [1.807, 2.05) is 0 Å². The standard InChI is InChI=1S/C5HN5O2/c6-1-3-4(2-7)9-5(8-3)10(11)12/h(H,8,9). The Bertz CT molecular complexity index is 375. The third-order valence-corrected chi connectivity index (χ3v) is 1.08. The first-order chi connectivity index (χ1) is 5.69. The number of hydrogen-bond acceptors (Lipinski definition) is 5. The summed E-state index contributed by atoms with van der Waals surface area (Å²) in [5.41, 5.74) is -0.451. The van der Waals surface area contributed by atoms with Crippen molar-refractivity contribution in [3.8, 4) is 12.1 Å². The molecule has 7 heteroatoms. The summed E-state index contributed by atoms with van der Waals surface area (Å²) in [6, 6.07) is 3.13. The minimum Gasteiger partial charge on any atom is -0.390 e. The van der Waals surface area contributed by atoms with E-state index in [1.54, 1.807) is 12.1 Å². The Kier molecular flexibility index (Phi) is 1.72. The number of nitriles is 2. The molecule has 7 nitrogen and oxygen atoms in total. The van der Waals surface area contributed by atoms with E-state index in [9.17, 15) is 10.1 Å². The van der Waals surface area contributed by atoms with Crippen LogP contribution in [0.4, 0.5) is 5.95 Å². The van der Waals surface area contributed by atoms with E-state index in [2.05, 4.69) is 9.97 Å². The minimum absolute atomic E-state index is 0.191. The fourth-order valence-electron chi connectivity index (χ4n) is 0.609. The van der Waals surface area contributed by atoms with Crippen molar-refractivity contribution in [3.63, 3.8) is 0 Å². The summed E-state index contributed by atoms with van der Waals surface area (Å²) in [6.07, 6.45) is 0. The van der Waals surface area contributed by atoms with Crippen LogP contribution >= 0.6 is 0 Å². The van der Waals surface area contributed by atoms with Crippen molar-refractivity contribution in [2.24, 2.45) is 0 Å². The van der Waals surface area contributed by atoms with E-state index in [-0.39, 0.29) is 11.4 Å². The lowest BCUT2D eigenvalue weighted by atomic mass is 10.4. The molecule has 0 atom stereocenters. The largest absolute Gasteiger partial charge is 0.434 e. The molecule has 1 heterocycles. The van der Waals surface area contributed by atoms with Crippen LogP contribution in [0.5, 0.6) is 0 Å². The molecule has 0 amide bonds. The van der Waals surface area contributed by atoms with Gasteiger partial charge in [-0.1, -0.05) is 4.98 Å². The van der Waals surface area contributed by atoms with Gasteiger partial charge in [-0.3, -0.25) is 0 Å². The van der Waals surface area contributed by atoms with E-state index in [0.29, 0.717) is 0 Å². The topological polar surface area (TPSA) is 119 Å². The fraction of sp³-hybridized carbons (Fsp3) is 0. The third-order valence-electron chi connectivity index (χ3n) is 1.08. The highest BCUT2D eigenvalue weighted by atomic mass is 16.6. The molecule has 0 saturated carbocycles. The van der Waals surface area contributed by atoms with Crippen molar-refractivity contribution in [2.75, 3.05) is 0 Å². The van der Waals surface area contributed by atoms with Gasteiger partial charge in [0, 0.05) is 0 Å². The molecule has 0 aliphatic heterocycles. The van der Waals surface area contributed by atoms with Gasteiger partial charge < -0.3 is 10.1 Å². The van der Waals surface area contributed by atoms with Gasteiger partial charge in [-0.25, -0.2) is 4.98 Å². The van der Waals surface area contributed by atoms with Crippen molar-refractivity contribution >= 4 is 5.95 Å². The zero-order valence-electron chi connectivity index (χ0n) is 5.61. The number of imidazole rings is 1. The van der Waals surface area contributed by atoms with Crippen LogP contribution in [0.25, 0.3) is 0 Å². The van der Waals surface area contributed by atoms with E-state index in [1.165, 1.54) is 0 Å². The summed E-state index contributed by atoms with van der Waals surface area (Å²) >= 11 is 0. The smallest absolute Gasteiger partial charge is 0.390 e. The van der Waals surface area contributed by atoms with Gasteiger partial charge in [-0.2, -0.15) is 10.5 Å². The molecule has 0 aromatic carbocycles. The zero-order chi connectivity index (χ0) is 9.14. The van der Waals surface area contributed by atoms with Gasteiger partial charge in [0.2, 0.25) is 5.69 Å². The molecule has 58 valence electrons. The normalized spacial score (nSPS) is 8.50. The molecule has 0 unspecified atom stereocenters. The van der Waals surface area contributed by atoms with Gasteiger partial charge in [0.25, 0.3) is 5.69 Å². The lowest BCUT2D eigenvalue weighted by Gasteiger charge is -1.84. The van der Waals surface area contributed by atoms with Crippen LogP contribution < -0.4 is 0 Å². The van der Waals surface area contributed by atoms with Gasteiger partial charge in [-0.15, -0.1) is 0 Å². The summed E-state index contributed by atoms with van der Waals surface area (Å²) in [5.74, 6) is -0.594. The maximum Gasteiger partial charge on any atom is 0.434 e. The summed E-state index contributed by atoms with van der Waals surface area (Å²) in [5, 5.41) is 26.8. The van der Waals surface area contributed by atoms with Crippen LogP contribution in [-0.2, 0) is 0 Å². The lowest BCUT2D eigenvalue weighted by molar-refractivity contribution is -0.393. The molecular weight excluding hydrogens is 162 g/mol. The number of aromatic amines is 1. The van der Waals surface area contributed by atoms with Crippen molar-refractivity contribution in [1.82, 2.24) is 9.97 Å². The molecule has 0 fully saturated rings. The second kappa shape index (κ2) is 2.68. The van der Waals surface area contributed by atoms with Crippen LogP contribution in [0.2, 0.25) is 0 Å². The highest BCUT2D eigenvalue weighted by molar-refractivity contribution is 5.39. The molecule has 0 bridgehead atoms. The van der Waals surface area contributed by atoms with Gasteiger partial charge in [-0.05, 0) is 4.92 Å². The average molecular weight is 163 g/mol. The predicted octanol–water partition coefficient (Wildman–Crippen LogP) is 0.0613. The first kappa shape index (κ1) is 7.69. The Balaban J connectivity index is 3.28. The van der Waals surface area contributed by atoms with Crippen LogP contribution in [0.3, 0.4) is 0 Å². The summed E-state index contributed by atoms with van der Waals surface area (Å²) in [6.45, 7) is 0. The lowest BCUT2D eigenvalue weighted by Crippen LogP contribution is -1.89. The average Bonchev–Trinajstić information content (AvgIpc) is 2.46. The molecule has 1 N–H and O–H groups in total. The van der Waals surface area contributed by atoms with Crippen molar-refractivity contribution in [1.29, 1.82) is 10.5 Å². The molecule has 0 aliphatic carbocycles. The Hall–Kier alpha value is -2.41. The van der Waals surface area contributed by atoms with Crippen molar-refractivity contribution in [2.45, 2.75) is 0 Å². The van der Waals surface area contributed by atoms with Gasteiger partial charge in [0.15, 0.2) is 0 Å². The molecule has 0 aliphatic rings. The van der Waals surface area contributed by atoms with E-state index >= 15 is 0 Å². The third kappa shape index (κ3) is 1.07. The monoisotopic (exact) mass is 163 g/mol. The van der Waals surface area contributed by atoms with Crippen molar-refractivity contribution < 1.29 is 4.92 Å². The second-order valence-electron chi connectivity index (χ2n) is 1.76. The molecule has 12 heavy (non-hydrogen) atoms. The van der Waals surface area contributed by atoms with Crippen LogP contribution in [0, 0.1) is 32.8 Å². The number of H-pyrrole nitrogens is 1. The first-order valence-corrected chi connectivity index (χ1v) is 2.73. The number of nitrogens with zero attached hydrogens (tertiary/aromatic N) is 4. The number of nitrogens with one attached hydrogen (secondary N) is 1. The Morgan fingerprint density at radius 3 is 2.50 bits per heavy atom. The van der Waals surface area contributed by atoms with Crippen LogP contribution in [0.1, 0.15) is 11.4 Å². The molecule has 1 rings (SSSR count). The number of nitro groups is 1. The predicted molar refractivity (Wildman–Crippen MR) is 34.7 cm³/mol. The zero-order valence-corrected chi connectivity index (χ0v) is 5.61. The quantitative estimate of drug-likeness (QED) is 0.463. The molecule has 0 spiro atoms. The molecule has 0 saturated heterocycles. The maximum absolute atomic E-state index is 10.1. The van der Waals surface area contributed by atoms with Crippen molar-refractivity contribution in [3.05, 3.63) is 21.5 Å². The van der Waals surface area contributed by atoms with Crippen LogP contribution in [-0.4, -0.2) is 14.9 Å². The summed E-state index contributed by atoms with van der Waals surface area (Å²) in [4.78, 5) is 14.6. The highest BCUT2D eigenvalue weighted by Gasteiger charge is 2.18. The number of hydrogen-bond donors (Lipinski definition) is 1. The molecule has 0 radical (unpaired) electrons. The Morgan fingerprint density at radius 1 is 1.50 bits per heavy atom. The second-order valence-corrected chi connectivity index (χ2v) is 1.76. The Labute approximate surface area is 66.0 Å². The highest BCUT2D eigenvalue weighted by Crippen LogP contribution is 2.09. The Morgan fingerprint density at radius 2 is 2.17 bits per heavy atom. The SMILES string of the molecule is N#Cc1nc([N+](=O)[O-])[nH]c1C#N. The maximum atomic E-state index is 10.1. The number of rotatable bonds is 1. The summed E-state index contributed by atoms with van der Waals surface area (Å²) in [7, 11) is 0. The minimum atomic E-state index is -0.804. The van der Waals surface area contributed by atoms with Gasteiger partial charge in [0.05, 0.1) is 0 Å². The first-order valence-electron chi connectivity index (χ1n) is 2.73. The molecule has 1 aromatic rings. The van der Waals surface area contributed by atoms with Gasteiger partial charge in [0.1, 0.15) is 12.1 Å². The molecule has 1 aromatic heterocycles. The van der Waals surface area contributed by atoms with E-state index < -0.39 is 10.9 Å². The van der Waals surface area contributed by atoms with E-state index in [4.69, 9.17) is 10.5 Å². The molecular formula is C5HN5O2. The number of aromatic nitrogens is 2. The van der Waals surface area contributed by atoms with Crippen LogP contribution in [0.15, 0.2) is 0 Å². The van der Waals surface area contributed by atoms with Gasteiger partial charge >= 0.3 is 5.95 Å². The summed E-state index contributed by atoms with van der Waals surface area (Å²) < 4.78 is 0. The fourth-order valence-corrected chi connectivity index (χ4v) is 0.609.